The molecule has 1 aromatic heterocycles. The van der Waals surface area contributed by atoms with E-state index in [0.29, 0.717) is 24.2 Å². The highest BCUT2D eigenvalue weighted by Gasteiger charge is 2.28. The topological polar surface area (TPSA) is 74.0 Å². The molecule has 6 heteroatoms. The second kappa shape index (κ2) is 9.27. The summed E-state index contributed by atoms with van der Waals surface area (Å²) in [5, 5.41) is 14.6. The van der Waals surface area contributed by atoms with Gasteiger partial charge in [-0.25, -0.2) is 4.98 Å². The summed E-state index contributed by atoms with van der Waals surface area (Å²) >= 11 is 0. The smallest absolute Gasteiger partial charge is 0.254 e. The lowest BCUT2D eigenvalue weighted by Gasteiger charge is -2.29. The van der Waals surface area contributed by atoms with Crippen molar-refractivity contribution in [2.45, 2.75) is 25.6 Å². The first-order chi connectivity index (χ1) is 16.2. The third kappa shape index (κ3) is 4.50. The van der Waals surface area contributed by atoms with Gasteiger partial charge in [0.15, 0.2) is 0 Å². The molecule has 33 heavy (non-hydrogen) atoms. The molecule has 0 spiro atoms. The Hall–Kier alpha value is -3.95. The molecule has 0 aliphatic carbocycles. The van der Waals surface area contributed by atoms with Crippen molar-refractivity contribution in [3.05, 3.63) is 102 Å². The minimum Gasteiger partial charge on any atom is -0.329 e. The van der Waals surface area contributed by atoms with Crippen molar-refractivity contribution >= 4 is 16.7 Å². The van der Waals surface area contributed by atoms with Crippen molar-refractivity contribution < 1.29 is 4.79 Å². The average Bonchev–Trinajstić information content (AvgIpc) is 3.55. The number of nitriles is 1. The number of imidazole rings is 1. The summed E-state index contributed by atoms with van der Waals surface area (Å²) in [6.07, 6.45) is 4.58. The fraction of sp³-hybridized carbons (Fsp3) is 0.222. The van der Waals surface area contributed by atoms with Crippen molar-refractivity contribution in [3.63, 3.8) is 0 Å². The van der Waals surface area contributed by atoms with Crippen LogP contribution < -0.4 is 5.32 Å². The van der Waals surface area contributed by atoms with E-state index >= 15 is 0 Å². The van der Waals surface area contributed by atoms with E-state index in [1.54, 1.807) is 6.33 Å². The zero-order valence-corrected chi connectivity index (χ0v) is 18.3. The molecular weight excluding hydrogens is 410 g/mol. The second-order valence-electron chi connectivity index (χ2n) is 8.46. The maximum Gasteiger partial charge on any atom is 0.254 e. The summed E-state index contributed by atoms with van der Waals surface area (Å²) < 4.78 is 2.07. The summed E-state index contributed by atoms with van der Waals surface area (Å²) in [6.45, 7) is 2.84. The van der Waals surface area contributed by atoms with Gasteiger partial charge in [-0.3, -0.25) is 4.79 Å². The number of hydrogen-bond acceptors (Lipinski definition) is 4. The summed E-state index contributed by atoms with van der Waals surface area (Å²) in [6, 6.07) is 23.9. The number of hydrogen-bond donors (Lipinski definition) is 1. The fourth-order valence-electron chi connectivity index (χ4n) is 4.44. The summed E-state index contributed by atoms with van der Waals surface area (Å²) in [5.41, 5.74) is 3.42. The molecule has 0 radical (unpaired) electrons. The van der Waals surface area contributed by atoms with Gasteiger partial charge in [0.05, 0.1) is 30.2 Å². The van der Waals surface area contributed by atoms with Crippen LogP contribution in [0.4, 0.5) is 0 Å². The Bertz CT molecular complexity index is 1310. The van der Waals surface area contributed by atoms with Crippen molar-refractivity contribution in [2.24, 2.45) is 0 Å². The number of amides is 1. The molecule has 1 aliphatic rings. The summed E-state index contributed by atoms with van der Waals surface area (Å²) in [7, 11) is 0. The molecule has 0 bridgehead atoms. The Balaban J connectivity index is 1.41. The first-order valence-corrected chi connectivity index (χ1v) is 11.2. The van der Waals surface area contributed by atoms with Gasteiger partial charge in [0.25, 0.3) is 5.91 Å². The summed E-state index contributed by atoms with van der Waals surface area (Å²) in [5.74, 6) is 0.0422. The first-order valence-electron chi connectivity index (χ1n) is 11.2. The largest absolute Gasteiger partial charge is 0.329 e. The lowest BCUT2D eigenvalue weighted by atomic mass is 10.1. The van der Waals surface area contributed by atoms with Crippen LogP contribution >= 0.6 is 0 Å². The normalized spacial score (nSPS) is 15.4. The van der Waals surface area contributed by atoms with E-state index in [1.165, 1.54) is 0 Å². The Morgan fingerprint density at radius 1 is 1.12 bits per heavy atom. The highest BCUT2D eigenvalue weighted by molar-refractivity contribution is 5.98. The van der Waals surface area contributed by atoms with E-state index in [0.717, 1.165) is 41.5 Å². The standard InChI is InChI=1S/C27H25N5O/c28-14-20-5-7-21(8-6-20)17-31-19-30-16-26(31)18-32(25-11-12-29-15-25)27(33)24-10-9-22-3-1-2-4-23(22)13-24/h1-10,13,16,19,25,29H,11-12,15,17-18H2/t25-/m0/s1. The van der Waals surface area contributed by atoms with Gasteiger partial charge in [-0.2, -0.15) is 5.26 Å². The summed E-state index contributed by atoms with van der Waals surface area (Å²) in [4.78, 5) is 20.0. The Kier molecular flexibility index (Phi) is 5.88. The third-order valence-electron chi connectivity index (χ3n) is 6.30. The van der Waals surface area contributed by atoms with Crippen LogP contribution in [0, 0.1) is 11.3 Å². The SMILES string of the molecule is N#Cc1ccc(Cn2cncc2CN(C(=O)c2ccc3ccccc3c2)[C@H]2CCNC2)cc1. The quantitative estimate of drug-likeness (QED) is 0.498. The molecule has 3 aromatic carbocycles. The molecule has 1 saturated heterocycles. The van der Waals surface area contributed by atoms with E-state index in [4.69, 9.17) is 5.26 Å². The highest BCUT2D eigenvalue weighted by atomic mass is 16.2. The number of nitrogens with zero attached hydrogens (tertiary/aromatic N) is 4. The monoisotopic (exact) mass is 435 g/mol. The average molecular weight is 436 g/mol. The Morgan fingerprint density at radius 3 is 2.70 bits per heavy atom. The van der Waals surface area contributed by atoms with E-state index in [-0.39, 0.29) is 11.9 Å². The van der Waals surface area contributed by atoms with Crippen molar-refractivity contribution in [1.29, 1.82) is 5.26 Å². The molecule has 164 valence electrons. The van der Waals surface area contributed by atoms with Crippen LogP contribution in [0.15, 0.2) is 79.3 Å². The molecule has 0 unspecified atom stereocenters. The molecule has 1 fully saturated rings. The van der Waals surface area contributed by atoms with Crippen molar-refractivity contribution in [1.82, 2.24) is 19.8 Å². The zero-order valence-electron chi connectivity index (χ0n) is 18.3. The number of nitrogens with one attached hydrogen (secondary N) is 1. The van der Waals surface area contributed by atoms with E-state index < -0.39 is 0 Å². The van der Waals surface area contributed by atoms with Crippen LogP contribution in [0.3, 0.4) is 0 Å². The van der Waals surface area contributed by atoms with Gasteiger partial charge >= 0.3 is 0 Å². The number of benzene rings is 3. The van der Waals surface area contributed by atoms with Gasteiger partial charge in [0, 0.05) is 30.9 Å². The van der Waals surface area contributed by atoms with Gasteiger partial charge in [0.2, 0.25) is 0 Å². The van der Waals surface area contributed by atoms with Crippen molar-refractivity contribution in [2.75, 3.05) is 13.1 Å². The second-order valence-corrected chi connectivity index (χ2v) is 8.46. The number of carbonyl (C=O) groups excluding carboxylic acids is 1. The maximum atomic E-state index is 13.7. The minimum absolute atomic E-state index is 0.0422. The van der Waals surface area contributed by atoms with Crippen LogP contribution in [0.5, 0.6) is 0 Å². The molecule has 0 saturated carbocycles. The number of fused-ring (bicyclic) bond motifs is 1. The van der Waals surface area contributed by atoms with Gasteiger partial charge in [-0.1, -0.05) is 42.5 Å². The Labute approximate surface area is 193 Å². The number of aromatic nitrogens is 2. The van der Waals surface area contributed by atoms with Crippen LogP contribution in [0.2, 0.25) is 0 Å². The predicted octanol–water partition coefficient (Wildman–Crippen LogP) is 3.96. The van der Waals surface area contributed by atoms with Gasteiger partial charge in [0.1, 0.15) is 0 Å². The highest BCUT2D eigenvalue weighted by Crippen LogP contribution is 2.21. The number of rotatable bonds is 6. The molecule has 2 heterocycles. The first kappa shape index (κ1) is 20.9. The molecule has 4 aromatic rings. The molecule has 5 rings (SSSR count). The minimum atomic E-state index is 0.0422. The van der Waals surface area contributed by atoms with Gasteiger partial charge in [-0.15, -0.1) is 0 Å². The van der Waals surface area contributed by atoms with Crippen LogP contribution in [-0.2, 0) is 13.1 Å². The lowest BCUT2D eigenvalue weighted by molar-refractivity contribution is 0.0671. The molecule has 1 N–H and O–H groups in total. The van der Waals surface area contributed by atoms with Crippen molar-refractivity contribution in [3.8, 4) is 6.07 Å². The molecule has 1 atom stereocenters. The van der Waals surface area contributed by atoms with Crippen LogP contribution in [0.1, 0.15) is 33.6 Å². The maximum absolute atomic E-state index is 13.7. The van der Waals surface area contributed by atoms with E-state index in [2.05, 4.69) is 27.0 Å². The third-order valence-corrected chi connectivity index (χ3v) is 6.30. The lowest BCUT2D eigenvalue weighted by Crippen LogP contribution is -2.41. The number of carbonyl (C=O) groups is 1. The van der Waals surface area contributed by atoms with E-state index in [9.17, 15) is 4.79 Å². The predicted molar refractivity (Wildman–Crippen MR) is 128 cm³/mol. The Morgan fingerprint density at radius 2 is 1.94 bits per heavy atom. The van der Waals surface area contributed by atoms with Crippen LogP contribution in [-0.4, -0.2) is 39.5 Å². The molecule has 1 amide bonds. The zero-order chi connectivity index (χ0) is 22.6. The van der Waals surface area contributed by atoms with Gasteiger partial charge in [-0.05, 0) is 53.6 Å². The van der Waals surface area contributed by atoms with E-state index in [1.807, 2.05) is 71.8 Å². The van der Waals surface area contributed by atoms with Crippen LogP contribution in [0.25, 0.3) is 10.8 Å². The molecule has 6 nitrogen and oxygen atoms in total. The molecule has 1 aliphatic heterocycles. The fourth-order valence-corrected chi connectivity index (χ4v) is 4.44. The molecular formula is C27H25N5O. The van der Waals surface area contributed by atoms with Gasteiger partial charge < -0.3 is 14.8 Å².